The van der Waals surface area contributed by atoms with E-state index in [2.05, 4.69) is 37.6 Å². The molecule has 12 heteroatoms. The Labute approximate surface area is 190 Å². The second kappa shape index (κ2) is 10.3. The Kier molecular flexibility index (Phi) is 7.47. The molecular formula is C22H17F5N6O. The molecule has 0 spiro atoms. The van der Waals surface area contributed by atoms with Gasteiger partial charge < -0.3 is 5.11 Å². The second-order valence-corrected chi connectivity index (χ2v) is 7.01. The molecule has 0 aliphatic heterocycles. The average Bonchev–Trinajstić information content (AvgIpc) is 3.31. The van der Waals surface area contributed by atoms with Crippen LogP contribution in [-0.2, 0) is 12.5 Å². The SMILES string of the molecule is C/C(F)=C(\C=C/CF)C(O)(Cn1cnnn1)C(F)(F)c1ccc(C#Cc2ccc(F)cc2)nn1. The van der Waals surface area contributed by atoms with E-state index in [1.54, 1.807) is 0 Å². The van der Waals surface area contributed by atoms with Gasteiger partial charge in [0.05, 0.1) is 6.54 Å². The Hall–Kier alpha value is -3.98. The molecule has 34 heavy (non-hydrogen) atoms. The fourth-order valence-corrected chi connectivity index (χ4v) is 2.99. The number of aliphatic hydroxyl groups is 1. The number of tetrazole rings is 1. The Balaban J connectivity index is 2.00. The fraction of sp³-hybridized carbons (Fsp3) is 0.227. The van der Waals surface area contributed by atoms with Gasteiger partial charge in [0.15, 0.2) is 5.60 Å². The molecule has 0 saturated carbocycles. The summed E-state index contributed by atoms with van der Waals surface area (Å²) in [7, 11) is 0. The van der Waals surface area contributed by atoms with Crippen molar-refractivity contribution in [2.45, 2.75) is 25.0 Å². The van der Waals surface area contributed by atoms with Gasteiger partial charge in [-0.3, -0.25) is 0 Å². The minimum Gasteiger partial charge on any atom is -0.377 e. The van der Waals surface area contributed by atoms with Crippen LogP contribution in [0.1, 0.15) is 23.9 Å². The lowest BCUT2D eigenvalue weighted by molar-refractivity contribution is -0.177. The minimum absolute atomic E-state index is 0.0163. The molecule has 3 rings (SSSR count). The predicted molar refractivity (Wildman–Crippen MR) is 110 cm³/mol. The lowest BCUT2D eigenvalue weighted by atomic mass is 9.83. The zero-order valence-electron chi connectivity index (χ0n) is 17.6. The lowest BCUT2D eigenvalue weighted by Gasteiger charge is -2.36. The van der Waals surface area contributed by atoms with Gasteiger partial charge in [0, 0.05) is 11.1 Å². The maximum Gasteiger partial charge on any atom is 0.325 e. The van der Waals surface area contributed by atoms with E-state index >= 15 is 8.78 Å². The molecule has 1 N–H and O–H groups in total. The molecule has 1 aromatic carbocycles. The Morgan fingerprint density at radius 3 is 2.41 bits per heavy atom. The molecule has 0 amide bonds. The van der Waals surface area contributed by atoms with Gasteiger partial charge in [0.25, 0.3) is 0 Å². The van der Waals surface area contributed by atoms with Crippen LogP contribution < -0.4 is 0 Å². The molecular weight excluding hydrogens is 459 g/mol. The average molecular weight is 476 g/mol. The van der Waals surface area contributed by atoms with E-state index in [0.29, 0.717) is 5.56 Å². The first-order chi connectivity index (χ1) is 16.2. The summed E-state index contributed by atoms with van der Waals surface area (Å²) in [6.07, 6.45) is 2.45. The van der Waals surface area contributed by atoms with Gasteiger partial charge in [-0.15, -0.1) is 15.3 Å². The summed E-state index contributed by atoms with van der Waals surface area (Å²) >= 11 is 0. The van der Waals surface area contributed by atoms with Gasteiger partial charge in [-0.1, -0.05) is 18.1 Å². The van der Waals surface area contributed by atoms with Crippen LogP contribution in [0.5, 0.6) is 0 Å². The molecule has 0 saturated heterocycles. The van der Waals surface area contributed by atoms with Crippen molar-refractivity contribution in [1.82, 2.24) is 30.4 Å². The van der Waals surface area contributed by atoms with Crippen LogP contribution in [0.3, 0.4) is 0 Å². The van der Waals surface area contributed by atoms with Gasteiger partial charge in [0.2, 0.25) is 0 Å². The number of hydrogen-bond donors (Lipinski definition) is 1. The summed E-state index contributed by atoms with van der Waals surface area (Å²) in [6, 6.07) is 7.27. The minimum atomic E-state index is -4.22. The van der Waals surface area contributed by atoms with E-state index in [-0.39, 0.29) is 5.69 Å². The maximum absolute atomic E-state index is 15.6. The van der Waals surface area contributed by atoms with Gasteiger partial charge in [-0.05, 0) is 59.7 Å². The molecule has 7 nitrogen and oxygen atoms in total. The Morgan fingerprint density at radius 2 is 1.85 bits per heavy atom. The van der Waals surface area contributed by atoms with Gasteiger partial charge in [0.1, 0.15) is 36.0 Å². The molecule has 176 valence electrons. The van der Waals surface area contributed by atoms with Gasteiger partial charge in [-0.2, -0.15) is 8.78 Å². The first-order valence-electron chi connectivity index (χ1n) is 9.69. The highest BCUT2D eigenvalue weighted by molar-refractivity contribution is 5.41. The van der Waals surface area contributed by atoms with E-state index in [0.717, 1.165) is 42.2 Å². The van der Waals surface area contributed by atoms with Crippen LogP contribution in [0, 0.1) is 17.7 Å². The van der Waals surface area contributed by atoms with Crippen molar-refractivity contribution >= 4 is 0 Å². The van der Waals surface area contributed by atoms with Crippen LogP contribution in [0.25, 0.3) is 0 Å². The third kappa shape index (κ3) is 5.32. The largest absolute Gasteiger partial charge is 0.377 e. The highest BCUT2D eigenvalue weighted by Gasteiger charge is 2.58. The molecule has 2 aromatic heterocycles. The summed E-state index contributed by atoms with van der Waals surface area (Å²) in [4.78, 5) is 0. The molecule has 1 unspecified atom stereocenters. The summed E-state index contributed by atoms with van der Waals surface area (Å²) in [5, 5.41) is 28.3. The third-order valence-electron chi connectivity index (χ3n) is 4.66. The normalized spacial score (nSPS) is 14.3. The van der Waals surface area contributed by atoms with E-state index in [9.17, 15) is 18.3 Å². The van der Waals surface area contributed by atoms with Crippen LogP contribution in [0.4, 0.5) is 22.0 Å². The molecule has 0 aliphatic carbocycles. The summed E-state index contributed by atoms with van der Waals surface area (Å²) < 4.78 is 71.9. The second-order valence-electron chi connectivity index (χ2n) is 7.01. The standard InChI is InChI=1S/C22H17F5N6O/c1-15(24)19(3-2-12-23)21(34,13-33-14-28-31-32-33)22(26,27)20-11-10-18(29-30-20)9-6-16-4-7-17(25)8-5-16/h2-5,7-8,10-11,14,34H,12-13H2,1H3/b3-2-,19-15-. The summed E-state index contributed by atoms with van der Waals surface area (Å²) in [5.41, 5.74) is -4.66. The van der Waals surface area contributed by atoms with Crippen molar-refractivity contribution in [1.29, 1.82) is 0 Å². The van der Waals surface area contributed by atoms with Crippen LogP contribution >= 0.6 is 0 Å². The van der Waals surface area contributed by atoms with Crippen LogP contribution in [-0.4, -0.2) is 47.8 Å². The fourth-order valence-electron chi connectivity index (χ4n) is 2.99. The number of hydrogen-bond acceptors (Lipinski definition) is 6. The van der Waals surface area contributed by atoms with Crippen molar-refractivity contribution in [3.63, 3.8) is 0 Å². The number of alkyl halides is 3. The smallest absolute Gasteiger partial charge is 0.325 e. The van der Waals surface area contributed by atoms with Crippen molar-refractivity contribution in [2.24, 2.45) is 0 Å². The predicted octanol–water partition coefficient (Wildman–Crippen LogP) is 3.29. The van der Waals surface area contributed by atoms with Crippen LogP contribution in [0.2, 0.25) is 0 Å². The maximum atomic E-state index is 15.6. The Morgan fingerprint density at radius 1 is 1.12 bits per heavy atom. The van der Waals surface area contributed by atoms with Gasteiger partial charge >= 0.3 is 5.92 Å². The zero-order chi connectivity index (χ0) is 24.8. The van der Waals surface area contributed by atoms with Crippen molar-refractivity contribution in [2.75, 3.05) is 6.67 Å². The van der Waals surface area contributed by atoms with Crippen molar-refractivity contribution in [3.05, 3.63) is 89.0 Å². The topological polar surface area (TPSA) is 89.6 Å². The quantitative estimate of drug-likeness (QED) is 0.320. The number of rotatable bonds is 7. The number of halogens is 5. The lowest BCUT2D eigenvalue weighted by Crippen LogP contribution is -2.51. The number of allylic oxidation sites excluding steroid dienone is 2. The highest BCUT2D eigenvalue weighted by atomic mass is 19.3. The number of aromatic nitrogens is 6. The molecule has 0 bridgehead atoms. The molecule has 2 heterocycles. The van der Waals surface area contributed by atoms with E-state index in [1.807, 2.05) is 0 Å². The Bertz CT molecular complexity index is 1230. The summed E-state index contributed by atoms with van der Waals surface area (Å²) in [5.74, 6) is -0.560. The van der Waals surface area contributed by atoms with E-state index in [1.165, 1.54) is 24.3 Å². The van der Waals surface area contributed by atoms with Crippen molar-refractivity contribution in [3.8, 4) is 11.8 Å². The van der Waals surface area contributed by atoms with E-state index < -0.39 is 47.7 Å². The van der Waals surface area contributed by atoms with E-state index in [4.69, 9.17) is 0 Å². The third-order valence-corrected chi connectivity index (χ3v) is 4.66. The molecule has 0 aliphatic rings. The molecule has 0 fully saturated rings. The first kappa shape index (κ1) is 24.7. The number of benzene rings is 1. The van der Waals surface area contributed by atoms with Crippen LogP contribution in [0.15, 0.2) is 66.3 Å². The first-order valence-corrected chi connectivity index (χ1v) is 9.69. The zero-order valence-corrected chi connectivity index (χ0v) is 17.6. The van der Waals surface area contributed by atoms with Crippen molar-refractivity contribution < 1.29 is 27.1 Å². The molecule has 1 atom stereocenters. The number of nitrogens with zero attached hydrogens (tertiary/aromatic N) is 6. The monoisotopic (exact) mass is 476 g/mol. The molecule has 0 radical (unpaired) electrons. The highest BCUT2D eigenvalue weighted by Crippen LogP contribution is 2.45. The summed E-state index contributed by atoms with van der Waals surface area (Å²) in [6.45, 7) is -1.21. The molecule has 3 aromatic rings. The van der Waals surface area contributed by atoms with Gasteiger partial charge in [-0.25, -0.2) is 17.9 Å².